The summed E-state index contributed by atoms with van der Waals surface area (Å²) >= 11 is 0. The number of carbonyl (C=O) groups excluding carboxylic acids is 1. The third-order valence-corrected chi connectivity index (χ3v) is 6.61. The third kappa shape index (κ3) is 3.29. The number of fused-ring (bicyclic) bond motifs is 2. The van der Waals surface area contributed by atoms with E-state index in [0.29, 0.717) is 5.92 Å². The largest absolute Gasteiger partial charge is 0.481 e. The van der Waals surface area contributed by atoms with Gasteiger partial charge in [0.1, 0.15) is 0 Å². The van der Waals surface area contributed by atoms with Crippen LogP contribution in [0.1, 0.15) is 31.2 Å². The maximum absolute atomic E-state index is 13.2. The first kappa shape index (κ1) is 17.3. The number of hydrogen-bond acceptors (Lipinski definition) is 2. The Kier molecular flexibility index (Phi) is 4.84. The molecular weight excluding hydrogens is 326 g/mol. The quantitative estimate of drug-likeness (QED) is 0.844. The molecule has 1 saturated heterocycles. The molecule has 1 heterocycles. The third-order valence-electron chi connectivity index (χ3n) is 6.61. The summed E-state index contributed by atoms with van der Waals surface area (Å²) in [5.74, 6) is -0.872. The van der Waals surface area contributed by atoms with Gasteiger partial charge in [-0.3, -0.25) is 9.59 Å². The highest BCUT2D eigenvalue weighted by Gasteiger charge is 2.49. The molecule has 1 amide bonds. The van der Waals surface area contributed by atoms with Crippen LogP contribution in [0.4, 0.5) is 0 Å². The molecule has 4 aliphatic rings. The fourth-order valence-corrected chi connectivity index (χ4v) is 5.18. The molecule has 1 aromatic carbocycles. The Hall–Kier alpha value is -2.10. The summed E-state index contributed by atoms with van der Waals surface area (Å²) in [6, 6.07) is 10.5. The minimum atomic E-state index is -0.804. The van der Waals surface area contributed by atoms with Gasteiger partial charge in [-0.1, -0.05) is 42.5 Å². The van der Waals surface area contributed by atoms with Crippen molar-refractivity contribution in [3.05, 3.63) is 48.0 Å². The number of benzene rings is 1. The van der Waals surface area contributed by atoms with E-state index in [0.717, 1.165) is 45.2 Å². The maximum atomic E-state index is 13.2. The SMILES string of the molecule is O=C(O)C1C2C=CC(CC2)C1C(=O)N1CCC(Cc2ccccc2)CC1. The van der Waals surface area contributed by atoms with E-state index in [9.17, 15) is 14.7 Å². The molecule has 26 heavy (non-hydrogen) atoms. The summed E-state index contributed by atoms with van der Waals surface area (Å²) in [7, 11) is 0. The molecule has 138 valence electrons. The molecular formula is C22H27NO3. The number of carbonyl (C=O) groups is 2. The fraction of sp³-hybridized carbons (Fsp3) is 0.545. The highest BCUT2D eigenvalue weighted by Crippen LogP contribution is 2.46. The van der Waals surface area contributed by atoms with Crippen molar-refractivity contribution in [3.8, 4) is 0 Å². The van der Waals surface area contributed by atoms with Gasteiger partial charge in [0.15, 0.2) is 0 Å². The molecule has 1 N–H and O–H groups in total. The maximum Gasteiger partial charge on any atom is 0.307 e. The van der Waals surface area contributed by atoms with Crippen molar-refractivity contribution >= 4 is 11.9 Å². The molecule has 4 unspecified atom stereocenters. The Balaban J connectivity index is 1.39. The van der Waals surface area contributed by atoms with Gasteiger partial charge in [-0.2, -0.15) is 0 Å². The van der Waals surface area contributed by atoms with Crippen LogP contribution in [0.25, 0.3) is 0 Å². The van der Waals surface area contributed by atoms with Crippen LogP contribution in [-0.2, 0) is 16.0 Å². The molecule has 1 saturated carbocycles. The Bertz CT molecular complexity index is 691. The van der Waals surface area contributed by atoms with Crippen molar-refractivity contribution in [1.82, 2.24) is 4.90 Å². The zero-order valence-electron chi connectivity index (χ0n) is 15.1. The fourth-order valence-electron chi connectivity index (χ4n) is 5.18. The number of piperidine rings is 1. The molecule has 5 rings (SSSR count). The van der Waals surface area contributed by atoms with Crippen LogP contribution in [-0.4, -0.2) is 35.0 Å². The van der Waals surface area contributed by atoms with Crippen LogP contribution in [0.3, 0.4) is 0 Å². The van der Waals surface area contributed by atoms with Crippen molar-refractivity contribution in [3.63, 3.8) is 0 Å². The van der Waals surface area contributed by atoms with Crippen LogP contribution < -0.4 is 0 Å². The number of likely N-dealkylation sites (tertiary alicyclic amines) is 1. The van der Waals surface area contributed by atoms with Gasteiger partial charge in [0, 0.05) is 13.1 Å². The van der Waals surface area contributed by atoms with E-state index in [4.69, 9.17) is 0 Å². The number of nitrogens with zero attached hydrogens (tertiary/aromatic N) is 1. The van der Waals surface area contributed by atoms with Gasteiger partial charge in [-0.15, -0.1) is 0 Å². The van der Waals surface area contributed by atoms with Gasteiger partial charge < -0.3 is 10.0 Å². The van der Waals surface area contributed by atoms with Crippen LogP contribution in [0.2, 0.25) is 0 Å². The summed E-state index contributed by atoms with van der Waals surface area (Å²) in [5.41, 5.74) is 1.36. The first-order chi connectivity index (χ1) is 12.6. The second-order valence-electron chi connectivity index (χ2n) is 8.14. The van der Waals surface area contributed by atoms with E-state index in [1.807, 2.05) is 17.0 Å². The summed E-state index contributed by atoms with van der Waals surface area (Å²) in [6.45, 7) is 1.53. The number of carboxylic acids is 1. The Labute approximate surface area is 154 Å². The number of rotatable bonds is 4. The van der Waals surface area contributed by atoms with Gasteiger partial charge in [-0.05, 0) is 55.4 Å². The molecule has 3 aliphatic carbocycles. The number of allylic oxidation sites excluding steroid dienone is 2. The monoisotopic (exact) mass is 353 g/mol. The highest BCUT2D eigenvalue weighted by molar-refractivity contribution is 5.86. The molecule has 4 atom stereocenters. The number of aliphatic carboxylic acids is 1. The molecule has 2 fully saturated rings. The van der Waals surface area contributed by atoms with Gasteiger partial charge in [0.25, 0.3) is 0 Å². The molecule has 1 aliphatic heterocycles. The first-order valence-electron chi connectivity index (χ1n) is 9.87. The second-order valence-corrected chi connectivity index (χ2v) is 8.14. The van der Waals surface area contributed by atoms with Crippen molar-refractivity contribution < 1.29 is 14.7 Å². The molecule has 4 heteroatoms. The van der Waals surface area contributed by atoms with Crippen LogP contribution in [0.15, 0.2) is 42.5 Å². The molecule has 1 aromatic rings. The lowest BCUT2D eigenvalue weighted by atomic mass is 9.61. The van der Waals surface area contributed by atoms with Gasteiger partial charge in [0.2, 0.25) is 5.91 Å². The smallest absolute Gasteiger partial charge is 0.307 e. The van der Waals surface area contributed by atoms with Crippen molar-refractivity contribution in [2.24, 2.45) is 29.6 Å². The lowest BCUT2D eigenvalue weighted by Gasteiger charge is -2.44. The summed E-state index contributed by atoms with van der Waals surface area (Å²) in [5, 5.41) is 9.68. The van der Waals surface area contributed by atoms with Crippen molar-refractivity contribution in [2.45, 2.75) is 32.1 Å². The average molecular weight is 353 g/mol. The van der Waals surface area contributed by atoms with E-state index in [-0.39, 0.29) is 23.7 Å². The molecule has 0 aromatic heterocycles. The topological polar surface area (TPSA) is 57.6 Å². The molecule has 4 nitrogen and oxygen atoms in total. The average Bonchev–Trinajstić information content (AvgIpc) is 2.69. The van der Waals surface area contributed by atoms with Crippen molar-refractivity contribution in [1.29, 1.82) is 0 Å². The first-order valence-corrected chi connectivity index (χ1v) is 9.87. The van der Waals surface area contributed by atoms with E-state index in [1.165, 1.54) is 5.56 Å². The van der Waals surface area contributed by atoms with Crippen LogP contribution >= 0.6 is 0 Å². The zero-order chi connectivity index (χ0) is 18.1. The van der Waals surface area contributed by atoms with Crippen molar-refractivity contribution in [2.75, 3.05) is 13.1 Å². The summed E-state index contributed by atoms with van der Waals surface area (Å²) in [4.78, 5) is 26.9. The Morgan fingerprint density at radius 3 is 2.12 bits per heavy atom. The van der Waals surface area contributed by atoms with Crippen LogP contribution in [0, 0.1) is 29.6 Å². The minimum Gasteiger partial charge on any atom is -0.481 e. The Morgan fingerprint density at radius 1 is 0.923 bits per heavy atom. The lowest BCUT2D eigenvalue weighted by Crippen LogP contribution is -2.51. The van der Waals surface area contributed by atoms with Gasteiger partial charge >= 0.3 is 5.97 Å². The van der Waals surface area contributed by atoms with Gasteiger partial charge in [-0.25, -0.2) is 0 Å². The molecule has 0 spiro atoms. The highest BCUT2D eigenvalue weighted by atomic mass is 16.4. The van der Waals surface area contributed by atoms with E-state index in [2.05, 4.69) is 30.3 Å². The summed E-state index contributed by atoms with van der Waals surface area (Å²) < 4.78 is 0. The van der Waals surface area contributed by atoms with E-state index >= 15 is 0 Å². The van der Waals surface area contributed by atoms with E-state index < -0.39 is 11.9 Å². The molecule has 0 radical (unpaired) electrons. The predicted octanol–water partition coefficient (Wildman–Crippen LogP) is 3.38. The predicted molar refractivity (Wildman–Crippen MR) is 99.4 cm³/mol. The zero-order valence-corrected chi connectivity index (χ0v) is 15.1. The normalized spacial score (nSPS) is 31.2. The number of amides is 1. The standard InChI is InChI=1S/C22H27NO3/c24-21(19-17-6-8-18(9-7-17)20(19)22(25)26)23-12-10-16(11-13-23)14-15-4-2-1-3-5-15/h1-6,8,16-20H,7,9-14H2,(H,25,26). The van der Waals surface area contributed by atoms with Gasteiger partial charge in [0.05, 0.1) is 11.8 Å². The Morgan fingerprint density at radius 2 is 1.54 bits per heavy atom. The second kappa shape index (κ2) is 7.26. The number of carboxylic acid groups (broad SMARTS) is 1. The van der Waals surface area contributed by atoms with E-state index in [1.54, 1.807) is 0 Å². The summed E-state index contributed by atoms with van der Waals surface area (Å²) in [6.07, 6.45) is 9.07. The number of hydrogen-bond donors (Lipinski definition) is 1. The molecule has 2 bridgehead atoms. The lowest BCUT2D eigenvalue weighted by molar-refractivity contribution is -0.157. The minimum absolute atomic E-state index is 0.0297. The van der Waals surface area contributed by atoms with Crippen LogP contribution in [0.5, 0.6) is 0 Å².